The van der Waals surface area contributed by atoms with Crippen molar-refractivity contribution in [2.24, 2.45) is 0 Å². The minimum Gasteiger partial charge on any atom is -0.483 e. The average Bonchev–Trinajstić information content (AvgIpc) is 2.61. The highest BCUT2D eigenvalue weighted by molar-refractivity contribution is 9.10. The second-order valence-electron chi connectivity index (χ2n) is 6.15. The van der Waals surface area contributed by atoms with Crippen LogP contribution in [-0.2, 0) is 9.53 Å². The molecule has 0 heterocycles. The highest BCUT2D eigenvalue weighted by Crippen LogP contribution is 2.29. The molecule has 0 aliphatic carbocycles. The van der Waals surface area contributed by atoms with E-state index in [1.54, 1.807) is 25.1 Å². The van der Waals surface area contributed by atoms with Crippen LogP contribution in [0.1, 0.15) is 41.3 Å². The topological polar surface area (TPSA) is 64.6 Å². The maximum atomic E-state index is 12.2. The molecule has 5 nitrogen and oxygen atoms in total. The van der Waals surface area contributed by atoms with Gasteiger partial charge in [-0.1, -0.05) is 26.0 Å². The van der Waals surface area contributed by atoms with Gasteiger partial charge in [0.15, 0.2) is 6.61 Å². The number of ether oxygens (including phenoxy) is 2. The predicted molar refractivity (Wildman–Crippen MR) is 105 cm³/mol. The Balaban J connectivity index is 2.03. The molecule has 2 aromatic rings. The molecule has 0 aliphatic rings. The number of carbonyl (C=O) groups excluding carboxylic acids is 2. The van der Waals surface area contributed by atoms with Gasteiger partial charge in [0.2, 0.25) is 0 Å². The molecule has 6 heteroatoms. The van der Waals surface area contributed by atoms with Gasteiger partial charge < -0.3 is 14.8 Å². The lowest BCUT2D eigenvalue weighted by Crippen LogP contribution is -2.21. The Labute approximate surface area is 161 Å². The fraction of sp³-hybridized carbons (Fsp3) is 0.300. The molecule has 2 rings (SSSR count). The van der Waals surface area contributed by atoms with E-state index in [4.69, 9.17) is 9.47 Å². The van der Waals surface area contributed by atoms with Crippen molar-refractivity contribution in [3.05, 3.63) is 57.6 Å². The van der Waals surface area contributed by atoms with Crippen LogP contribution < -0.4 is 10.1 Å². The summed E-state index contributed by atoms with van der Waals surface area (Å²) in [5.74, 6) is 0.261. The molecule has 0 aliphatic heterocycles. The number of rotatable bonds is 6. The molecule has 0 bridgehead atoms. The molecule has 0 atom stereocenters. The van der Waals surface area contributed by atoms with Gasteiger partial charge >= 0.3 is 5.97 Å². The monoisotopic (exact) mass is 419 g/mol. The fourth-order valence-corrected chi connectivity index (χ4v) is 2.94. The minimum atomic E-state index is -0.441. The Morgan fingerprint density at radius 1 is 1.19 bits per heavy atom. The van der Waals surface area contributed by atoms with Gasteiger partial charge in [0.05, 0.1) is 17.1 Å². The summed E-state index contributed by atoms with van der Waals surface area (Å²) >= 11 is 3.47. The first-order valence-electron chi connectivity index (χ1n) is 8.23. The number of benzene rings is 2. The first-order chi connectivity index (χ1) is 12.3. The molecule has 1 amide bonds. The van der Waals surface area contributed by atoms with Crippen LogP contribution in [0.5, 0.6) is 5.75 Å². The van der Waals surface area contributed by atoms with E-state index in [1.807, 2.05) is 18.2 Å². The van der Waals surface area contributed by atoms with Crippen molar-refractivity contribution in [3.8, 4) is 5.75 Å². The lowest BCUT2D eigenvalue weighted by molar-refractivity contribution is -0.118. The molecule has 0 fully saturated rings. The van der Waals surface area contributed by atoms with Gasteiger partial charge in [-0.2, -0.15) is 0 Å². The van der Waals surface area contributed by atoms with Crippen LogP contribution in [0.15, 0.2) is 40.9 Å². The molecule has 0 saturated carbocycles. The molecule has 138 valence electrons. The molecule has 0 spiro atoms. The summed E-state index contributed by atoms with van der Waals surface area (Å²) in [7, 11) is 1.32. The maximum absolute atomic E-state index is 12.2. The average molecular weight is 420 g/mol. The molecule has 0 aromatic heterocycles. The van der Waals surface area contributed by atoms with Crippen LogP contribution >= 0.6 is 15.9 Å². The predicted octanol–water partition coefficient (Wildman–Crippen LogP) is 4.69. The number of halogens is 1. The van der Waals surface area contributed by atoms with E-state index >= 15 is 0 Å². The Morgan fingerprint density at radius 2 is 1.92 bits per heavy atom. The van der Waals surface area contributed by atoms with Gasteiger partial charge in [-0.25, -0.2) is 4.79 Å². The van der Waals surface area contributed by atoms with Gasteiger partial charge in [-0.3, -0.25) is 4.79 Å². The first-order valence-corrected chi connectivity index (χ1v) is 9.02. The zero-order chi connectivity index (χ0) is 19.3. The second kappa shape index (κ2) is 8.85. The van der Waals surface area contributed by atoms with E-state index in [9.17, 15) is 9.59 Å². The van der Waals surface area contributed by atoms with Crippen molar-refractivity contribution in [3.63, 3.8) is 0 Å². The van der Waals surface area contributed by atoms with Crippen LogP contribution in [-0.4, -0.2) is 25.6 Å². The summed E-state index contributed by atoms with van der Waals surface area (Å²) in [6.45, 7) is 5.84. The van der Waals surface area contributed by atoms with Gasteiger partial charge in [0.25, 0.3) is 5.91 Å². The third-order valence-electron chi connectivity index (χ3n) is 3.99. The van der Waals surface area contributed by atoms with Crippen molar-refractivity contribution in [1.82, 2.24) is 0 Å². The van der Waals surface area contributed by atoms with Crippen LogP contribution in [0.2, 0.25) is 0 Å². The SMILES string of the molecule is COC(=O)c1cccc(NC(=O)COc2ccc(C(C)C)cc2Br)c1C. The van der Waals surface area contributed by atoms with Gasteiger partial charge in [-0.05, 0) is 64.2 Å². The third-order valence-corrected chi connectivity index (χ3v) is 4.61. The maximum Gasteiger partial charge on any atom is 0.338 e. The highest BCUT2D eigenvalue weighted by atomic mass is 79.9. The number of esters is 1. The van der Waals surface area contributed by atoms with Crippen LogP contribution in [0.4, 0.5) is 5.69 Å². The van der Waals surface area contributed by atoms with Crippen LogP contribution in [0, 0.1) is 6.92 Å². The summed E-state index contributed by atoms with van der Waals surface area (Å²) < 4.78 is 11.1. The quantitative estimate of drug-likeness (QED) is 0.689. The van der Waals surface area contributed by atoms with E-state index in [-0.39, 0.29) is 12.5 Å². The highest BCUT2D eigenvalue weighted by Gasteiger charge is 2.14. The number of amides is 1. The number of anilines is 1. The smallest absolute Gasteiger partial charge is 0.338 e. The van der Waals surface area contributed by atoms with Crippen molar-refractivity contribution < 1.29 is 19.1 Å². The minimum absolute atomic E-state index is 0.137. The molecule has 0 unspecified atom stereocenters. The molecule has 2 aromatic carbocycles. The number of hydrogen-bond donors (Lipinski definition) is 1. The van der Waals surface area contributed by atoms with Gasteiger partial charge in [0.1, 0.15) is 5.75 Å². The normalized spacial score (nSPS) is 10.5. The lowest BCUT2D eigenvalue weighted by Gasteiger charge is -2.13. The summed E-state index contributed by atoms with van der Waals surface area (Å²) in [6, 6.07) is 10.9. The van der Waals surface area contributed by atoms with Crippen molar-refractivity contribution in [1.29, 1.82) is 0 Å². The Kier molecular flexibility index (Phi) is 6.80. The second-order valence-corrected chi connectivity index (χ2v) is 7.01. The standard InChI is InChI=1S/C20H22BrNO4/c1-12(2)14-8-9-18(16(21)10-14)26-11-19(23)22-17-7-5-6-15(13(17)3)20(24)25-4/h5-10,12H,11H2,1-4H3,(H,22,23). The van der Waals surface area contributed by atoms with E-state index < -0.39 is 5.97 Å². The molecule has 0 saturated heterocycles. The zero-order valence-electron chi connectivity index (χ0n) is 15.3. The number of carbonyl (C=O) groups is 2. The van der Waals surface area contributed by atoms with Crippen molar-refractivity contribution in [2.75, 3.05) is 19.0 Å². The molecular weight excluding hydrogens is 398 g/mol. The fourth-order valence-electron chi connectivity index (χ4n) is 2.43. The molecular formula is C20H22BrNO4. The van der Waals surface area contributed by atoms with Gasteiger partial charge in [0, 0.05) is 5.69 Å². The van der Waals surface area contributed by atoms with E-state index in [0.29, 0.717) is 28.5 Å². The van der Waals surface area contributed by atoms with Gasteiger partial charge in [-0.15, -0.1) is 0 Å². The van der Waals surface area contributed by atoms with Crippen LogP contribution in [0.25, 0.3) is 0 Å². The Morgan fingerprint density at radius 3 is 2.54 bits per heavy atom. The number of methoxy groups -OCH3 is 1. The molecule has 1 N–H and O–H groups in total. The summed E-state index contributed by atoms with van der Waals surface area (Å²) in [5, 5.41) is 2.76. The molecule has 0 radical (unpaired) electrons. The van der Waals surface area contributed by atoms with Crippen molar-refractivity contribution in [2.45, 2.75) is 26.7 Å². The van der Waals surface area contributed by atoms with E-state index in [2.05, 4.69) is 35.1 Å². The summed E-state index contributed by atoms with van der Waals surface area (Å²) in [5.41, 5.74) is 2.80. The zero-order valence-corrected chi connectivity index (χ0v) is 16.8. The Bertz CT molecular complexity index is 817. The van der Waals surface area contributed by atoms with E-state index in [0.717, 1.165) is 4.47 Å². The lowest BCUT2D eigenvalue weighted by atomic mass is 10.0. The van der Waals surface area contributed by atoms with Crippen molar-refractivity contribution >= 4 is 33.5 Å². The first kappa shape index (κ1) is 20.0. The number of hydrogen-bond acceptors (Lipinski definition) is 4. The largest absolute Gasteiger partial charge is 0.483 e. The Hall–Kier alpha value is -2.34. The van der Waals surface area contributed by atoms with Crippen LogP contribution in [0.3, 0.4) is 0 Å². The summed E-state index contributed by atoms with van der Waals surface area (Å²) in [4.78, 5) is 23.9. The van der Waals surface area contributed by atoms with E-state index in [1.165, 1.54) is 12.7 Å². The molecule has 26 heavy (non-hydrogen) atoms. The summed E-state index contributed by atoms with van der Waals surface area (Å²) in [6.07, 6.45) is 0. The third kappa shape index (κ3) is 4.85. The number of nitrogens with one attached hydrogen (secondary N) is 1.